The van der Waals surface area contributed by atoms with Crippen LogP contribution in [-0.2, 0) is 0 Å². The molecule has 0 N–H and O–H groups in total. The van der Waals surface area contributed by atoms with E-state index in [-0.39, 0.29) is 0 Å². The summed E-state index contributed by atoms with van der Waals surface area (Å²) < 4.78 is 2.35. The number of hydrogen-bond acceptors (Lipinski definition) is 3. The molecule has 0 atom stereocenters. The zero-order valence-electron chi connectivity index (χ0n) is 33.7. The quantitative estimate of drug-likeness (QED) is 0.0575. The van der Waals surface area contributed by atoms with Crippen LogP contribution in [0.4, 0.5) is 11.4 Å². The summed E-state index contributed by atoms with van der Waals surface area (Å²) in [7, 11) is 0. The van der Waals surface area contributed by atoms with Crippen molar-refractivity contribution in [1.29, 1.82) is 0 Å². The highest BCUT2D eigenvalue weighted by atomic mass is 15.1. The number of hydrogen-bond donors (Lipinski definition) is 0. The second-order valence-corrected chi connectivity index (χ2v) is 12.8. The molecule has 56 heavy (non-hydrogen) atoms. The molecule has 0 amide bonds. The maximum atomic E-state index is 6.14. The van der Waals surface area contributed by atoms with Crippen LogP contribution in [0.3, 0.4) is 0 Å². The van der Waals surface area contributed by atoms with Crippen molar-refractivity contribution >= 4 is 55.2 Å². The van der Waals surface area contributed by atoms with Gasteiger partial charge in [-0.1, -0.05) is 130 Å². The predicted molar refractivity (Wildman–Crippen MR) is 247 cm³/mol. The minimum Gasteiger partial charge on any atom is -0.329 e. The molecule has 0 aliphatic carbocycles. The van der Waals surface area contributed by atoms with Crippen molar-refractivity contribution < 1.29 is 0 Å². The number of allylic oxidation sites excluding steroid dienone is 9. The van der Waals surface area contributed by atoms with E-state index in [0.717, 1.165) is 79.4 Å². The largest absolute Gasteiger partial charge is 0.329 e. The fraction of sp³-hybridized carbons (Fsp3) is 0.154. The maximum absolute atomic E-state index is 6.14. The summed E-state index contributed by atoms with van der Waals surface area (Å²) in [4.78, 5) is 12.5. The summed E-state index contributed by atoms with van der Waals surface area (Å²) in [5, 5.41) is 4.83. The molecule has 0 unspecified atom stereocenters. The molecule has 2 aromatic heterocycles. The highest BCUT2D eigenvalue weighted by Crippen LogP contribution is 2.45. The van der Waals surface area contributed by atoms with Gasteiger partial charge in [-0.2, -0.15) is 0 Å². The van der Waals surface area contributed by atoms with Gasteiger partial charge in [0.25, 0.3) is 0 Å². The topological polar surface area (TPSA) is 34.0 Å². The molecule has 0 fully saturated rings. The van der Waals surface area contributed by atoms with Crippen LogP contribution in [0, 0.1) is 19.3 Å². The van der Waals surface area contributed by atoms with Crippen LogP contribution >= 0.6 is 0 Å². The predicted octanol–water partition coefficient (Wildman–Crippen LogP) is 14.4. The third kappa shape index (κ3) is 7.90. The first kappa shape index (κ1) is 40.5. The molecule has 0 saturated heterocycles. The number of terminal acetylenes is 1. The molecule has 0 spiro atoms. The number of nitrogens with zero attached hydrogens (tertiary/aromatic N) is 4. The van der Waals surface area contributed by atoms with Gasteiger partial charge in [0.2, 0.25) is 0 Å². The minimum atomic E-state index is 0.401. The summed E-state index contributed by atoms with van der Waals surface area (Å²) in [6.07, 6.45) is 21.3. The second kappa shape index (κ2) is 19.1. The Morgan fingerprint density at radius 1 is 0.804 bits per heavy atom. The van der Waals surface area contributed by atoms with E-state index in [9.17, 15) is 0 Å². The fourth-order valence-corrected chi connectivity index (χ4v) is 7.29. The number of aryl methyl sites for hydroxylation is 1. The molecule has 0 bridgehead atoms. The van der Waals surface area contributed by atoms with Crippen molar-refractivity contribution in [1.82, 2.24) is 14.5 Å². The van der Waals surface area contributed by atoms with Gasteiger partial charge >= 0.3 is 0 Å². The lowest BCUT2D eigenvalue weighted by Gasteiger charge is -2.27. The number of anilines is 2. The third-order valence-corrected chi connectivity index (χ3v) is 9.55. The van der Waals surface area contributed by atoms with E-state index < -0.39 is 0 Å². The van der Waals surface area contributed by atoms with Gasteiger partial charge in [0.1, 0.15) is 0 Å². The normalized spacial score (nSPS) is 11.8. The second-order valence-electron chi connectivity index (χ2n) is 12.8. The van der Waals surface area contributed by atoms with Crippen LogP contribution in [0.25, 0.3) is 66.4 Å². The van der Waals surface area contributed by atoms with E-state index in [0.29, 0.717) is 6.54 Å². The Labute approximate surface area is 333 Å². The van der Waals surface area contributed by atoms with Crippen LogP contribution in [0.5, 0.6) is 0 Å². The highest BCUT2D eigenvalue weighted by molar-refractivity contribution is 6.27. The lowest BCUT2D eigenvalue weighted by Crippen LogP contribution is -2.19. The molecule has 0 saturated carbocycles. The Bertz CT molecular complexity index is 2610. The van der Waals surface area contributed by atoms with Crippen LogP contribution < -0.4 is 4.90 Å². The van der Waals surface area contributed by atoms with Crippen molar-refractivity contribution in [2.75, 3.05) is 11.4 Å². The van der Waals surface area contributed by atoms with Crippen LogP contribution in [0.1, 0.15) is 52.4 Å². The van der Waals surface area contributed by atoms with Crippen LogP contribution in [-0.4, -0.2) is 21.1 Å². The van der Waals surface area contributed by atoms with E-state index in [1.165, 1.54) is 16.2 Å². The number of benzene rings is 5. The van der Waals surface area contributed by atoms with Gasteiger partial charge in [-0.25, -0.2) is 9.97 Å². The number of aromatic nitrogens is 3. The Balaban J connectivity index is 0.00000145. The smallest absolute Gasteiger partial charge is 0.156 e. The van der Waals surface area contributed by atoms with Crippen molar-refractivity contribution in [3.8, 4) is 34.9 Å². The monoisotopic (exact) mass is 732 g/mol. The summed E-state index contributed by atoms with van der Waals surface area (Å²) in [5.74, 6) is 3.70. The molecular weight excluding hydrogens is 681 g/mol. The summed E-state index contributed by atoms with van der Waals surface area (Å²) in [5.41, 5.74) is 11.5. The molecule has 0 aliphatic heterocycles. The Morgan fingerprint density at radius 2 is 1.52 bits per heavy atom. The maximum Gasteiger partial charge on any atom is 0.156 e. The summed E-state index contributed by atoms with van der Waals surface area (Å²) in [6.45, 7) is 22.8. The van der Waals surface area contributed by atoms with E-state index in [2.05, 4.69) is 152 Å². The van der Waals surface area contributed by atoms with E-state index in [1.54, 1.807) is 0 Å². The van der Waals surface area contributed by atoms with E-state index in [4.69, 9.17) is 16.4 Å². The van der Waals surface area contributed by atoms with Gasteiger partial charge < -0.3 is 9.47 Å². The van der Waals surface area contributed by atoms with Crippen molar-refractivity contribution in [3.63, 3.8) is 0 Å². The summed E-state index contributed by atoms with van der Waals surface area (Å²) >= 11 is 0. The minimum absolute atomic E-state index is 0.401. The van der Waals surface area contributed by atoms with Gasteiger partial charge in [-0.15, -0.1) is 19.6 Å². The lowest BCUT2D eigenvalue weighted by atomic mass is 9.97. The fourth-order valence-electron chi connectivity index (χ4n) is 7.29. The lowest BCUT2D eigenvalue weighted by molar-refractivity contribution is 1.08. The molecule has 7 rings (SSSR count). The van der Waals surface area contributed by atoms with Gasteiger partial charge in [-0.05, 0) is 86.2 Å². The molecule has 0 aliphatic rings. The van der Waals surface area contributed by atoms with Crippen molar-refractivity contribution in [2.45, 2.75) is 48.0 Å². The Hall–Kier alpha value is -6.70. The van der Waals surface area contributed by atoms with Crippen LogP contribution in [0.15, 0.2) is 159 Å². The highest BCUT2D eigenvalue weighted by Gasteiger charge is 2.23. The molecule has 4 heteroatoms. The average molecular weight is 733 g/mol. The molecule has 0 radical (unpaired) electrons. The molecule has 7 aromatic rings. The zero-order valence-corrected chi connectivity index (χ0v) is 33.7. The van der Waals surface area contributed by atoms with E-state index >= 15 is 0 Å². The molecule has 5 aromatic carbocycles. The van der Waals surface area contributed by atoms with E-state index in [1.807, 2.05) is 64.1 Å². The average Bonchev–Trinajstić information content (AvgIpc) is 3.58. The SMILES string of the molecule is C#CCN(c1cccc(-c2cc(-c3ccccc3)nc(/C(=C/C=C\C)CC)n2)c1)c1c(C)cc2c3c1ccc1cccc(c13)n2C(/C=C\C)=C/C=C.C=C.CC. The standard InChI is InChI=1S/C48H42N4.C2H6.C2H4/c1-7-12-20-34(11-5)48-49-41(35-21-14-13-15-22-35)32-42(50-48)37-24-16-25-39(31-37)51(29-10-4)47-33(6)30-44-46-40(47)28-27-36-23-17-26-43(45(36)46)52(44)38(18-8-2)19-9-3;2*1-2/h4,7-9,12-28,30-32H,2,11,29H2,1,3,5-6H3;1-2H3;1-2H2/b12-7-,19-9-,34-20+,38-18+;;. The Kier molecular flexibility index (Phi) is 13.8. The van der Waals surface area contributed by atoms with Gasteiger partial charge in [0.05, 0.1) is 34.7 Å². The molecule has 280 valence electrons. The molecule has 4 nitrogen and oxygen atoms in total. The van der Waals surface area contributed by atoms with Gasteiger partial charge in [0.15, 0.2) is 5.82 Å². The zero-order chi connectivity index (χ0) is 40.2. The van der Waals surface area contributed by atoms with Gasteiger partial charge in [0, 0.05) is 38.7 Å². The third-order valence-electron chi connectivity index (χ3n) is 9.55. The Morgan fingerprint density at radius 3 is 2.20 bits per heavy atom. The van der Waals surface area contributed by atoms with Crippen molar-refractivity contribution in [2.24, 2.45) is 0 Å². The van der Waals surface area contributed by atoms with Crippen molar-refractivity contribution in [3.05, 3.63) is 171 Å². The first-order valence-corrected chi connectivity index (χ1v) is 19.3. The first-order chi connectivity index (χ1) is 27.5. The van der Waals surface area contributed by atoms with Gasteiger partial charge in [-0.3, -0.25) is 0 Å². The van der Waals surface area contributed by atoms with Crippen LogP contribution in [0.2, 0.25) is 0 Å². The summed E-state index contributed by atoms with van der Waals surface area (Å²) in [6, 6.07) is 34.3. The number of rotatable bonds is 11. The molecular formula is C52H52N4. The molecule has 2 heterocycles. The first-order valence-electron chi connectivity index (χ1n) is 19.3.